The van der Waals surface area contributed by atoms with Crippen LogP contribution in [0.4, 0.5) is 11.4 Å². The van der Waals surface area contributed by atoms with Gasteiger partial charge in [-0.25, -0.2) is 0 Å². The summed E-state index contributed by atoms with van der Waals surface area (Å²) in [5.41, 5.74) is 2.33. The summed E-state index contributed by atoms with van der Waals surface area (Å²) < 4.78 is 5.35. The molecule has 1 aliphatic rings. The predicted octanol–water partition coefficient (Wildman–Crippen LogP) is 4.17. The fourth-order valence-electron chi connectivity index (χ4n) is 5.37. The Balaban J connectivity index is 0.000000293. The maximum atomic E-state index is 13.0. The van der Waals surface area contributed by atoms with Crippen LogP contribution in [0.15, 0.2) is 48.5 Å². The van der Waals surface area contributed by atoms with Crippen molar-refractivity contribution in [1.29, 1.82) is 0 Å². The summed E-state index contributed by atoms with van der Waals surface area (Å²) >= 11 is 0. The maximum absolute atomic E-state index is 13.0. The van der Waals surface area contributed by atoms with E-state index in [-0.39, 0.29) is 24.8 Å². The number of carbonyl (C=O) groups excluding carboxylic acids is 2. The number of hydrogen-bond acceptors (Lipinski definition) is 9. The third kappa shape index (κ3) is 9.34. The fourth-order valence-corrected chi connectivity index (χ4v) is 5.37. The van der Waals surface area contributed by atoms with E-state index in [0.717, 1.165) is 49.3 Å². The molecule has 1 unspecified atom stereocenters. The number of ketones is 2. The van der Waals surface area contributed by atoms with Crippen molar-refractivity contribution < 1.29 is 24.5 Å². The van der Waals surface area contributed by atoms with Gasteiger partial charge in [0.1, 0.15) is 0 Å². The molecule has 1 aliphatic heterocycles. The normalized spacial score (nSPS) is 15.4. The van der Waals surface area contributed by atoms with E-state index in [2.05, 4.69) is 34.3 Å². The quantitative estimate of drug-likeness (QED) is 0.229. The molecule has 0 aliphatic carbocycles. The first-order chi connectivity index (χ1) is 20.1. The van der Waals surface area contributed by atoms with E-state index in [1.165, 1.54) is 0 Å². The van der Waals surface area contributed by atoms with Crippen molar-refractivity contribution in [3.63, 3.8) is 0 Å². The van der Waals surface area contributed by atoms with Crippen LogP contribution in [0.1, 0.15) is 67.7 Å². The van der Waals surface area contributed by atoms with Gasteiger partial charge in [0.25, 0.3) is 0 Å². The molecule has 0 amide bonds. The minimum atomic E-state index is -0.524. The SMILES string of the molecule is CC(C)(C(=O)c1ccc(NCCO)cc1)N1CCOCC1.CCCC(CC)(C(=O)c1ccc(NCCO)cc1)N(C)C. The number of rotatable bonds is 15. The number of hydrogen-bond donors (Lipinski definition) is 4. The molecule has 1 fully saturated rings. The number of likely N-dealkylation sites (N-methyl/N-ethyl adjacent to an activating group) is 1. The van der Waals surface area contributed by atoms with Crippen LogP contribution in [0.25, 0.3) is 0 Å². The highest BCUT2D eigenvalue weighted by molar-refractivity contribution is 6.03. The van der Waals surface area contributed by atoms with Gasteiger partial charge in [-0.3, -0.25) is 19.4 Å². The zero-order valence-electron chi connectivity index (χ0n) is 26.4. The smallest absolute Gasteiger partial charge is 0.183 e. The lowest BCUT2D eigenvalue weighted by Gasteiger charge is -2.39. The van der Waals surface area contributed by atoms with Crippen LogP contribution in [0.5, 0.6) is 0 Å². The van der Waals surface area contributed by atoms with E-state index >= 15 is 0 Å². The number of nitrogens with one attached hydrogen (secondary N) is 2. The Morgan fingerprint density at radius 3 is 1.67 bits per heavy atom. The summed E-state index contributed by atoms with van der Waals surface area (Å²) in [6.45, 7) is 12.3. The molecule has 9 heteroatoms. The van der Waals surface area contributed by atoms with E-state index in [9.17, 15) is 9.59 Å². The largest absolute Gasteiger partial charge is 0.395 e. The van der Waals surface area contributed by atoms with Crippen molar-refractivity contribution in [3.8, 4) is 0 Å². The van der Waals surface area contributed by atoms with Gasteiger partial charge in [-0.15, -0.1) is 0 Å². The molecule has 0 spiro atoms. The lowest BCUT2D eigenvalue weighted by molar-refractivity contribution is -0.00429. The number of benzene rings is 2. The Labute approximate surface area is 252 Å². The van der Waals surface area contributed by atoms with Crippen molar-refractivity contribution in [3.05, 3.63) is 59.7 Å². The van der Waals surface area contributed by atoms with Gasteiger partial charge in [-0.05, 0) is 89.3 Å². The molecule has 2 aromatic carbocycles. The highest BCUT2D eigenvalue weighted by Crippen LogP contribution is 2.29. The van der Waals surface area contributed by atoms with Gasteiger partial charge in [0.2, 0.25) is 0 Å². The van der Waals surface area contributed by atoms with Crippen LogP contribution in [0, 0.1) is 0 Å². The Morgan fingerprint density at radius 2 is 1.29 bits per heavy atom. The minimum absolute atomic E-state index is 0.0880. The predicted molar refractivity (Wildman–Crippen MR) is 171 cm³/mol. The van der Waals surface area contributed by atoms with Crippen molar-refractivity contribution in [2.45, 2.75) is 58.0 Å². The highest BCUT2D eigenvalue weighted by Gasteiger charge is 2.38. The second-order valence-electron chi connectivity index (χ2n) is 11.3. The van der Waals surface area contributed by atoms with Crippen LogP contribution in [0.2, 0.25) is 0 Å². The summed E-state index contributed by atoms with van der Waals surface area (Å²) in [7, 11) is 3.96. The van der Waals surface area contributed by atoms with Crippen LogP contribution in [-0.2, 0) is 4.74 Å². The topological polar surface area (TPSA) is 114 Å². The molecular weight excluding hydrogens is 532 g/mol. The second-order valence-corrected chi connectivity index (χ2v) is 11.3. The van der Waals surface area contributed by atoms with E-state index in [0.29, 0.717) is 31.9 Å². The summed E-state index contributed by atoms with van der Waals surface area (Å²) in [5, 5.41) is 23.8. The average Bonchev–Trinajstić information content (AvgIpc) is 3.02. The molecule has 0 bridgehead atoms. The number of Topliss-reactive ketones (excluding diaryl/α,β-unsaturated/α-hetero) is 2. The Kier molecular flexibility index (Phi) is 14.6. The van der Waals surface area contributed by atoms with Gasteiger partial charge in [0, 0.05) is 48.7 Å². The van der Waals surface area contributed by atoms with E-state index in [4.69, 9.17) is 14.9 Å². The molecular formula is C33H52N4O5. The standard InChI is InChI=1S/C17H28N2O2.C16H24N2O3/c1-5-11-17(6-2,19(3)4)16(21)14-7-9-15(10-8-14)18-12-13-20;1-16(2,18-8-11-21-12-9-18)15(20)13-3-5-14(6-4-13)17-7-10-19/h7-10,18,20H,5-6,11-13H2,1-4H3;3-6,17,19H,7-12H2,1-2H3. The molecule has 4 N–H and O–H groups in total. The maximum Gasteiger partial charge on any atom is 0.183 e. The zero-order valence-corrected chi connectivity index (χ0v) is 26.4. The highest BCUT2D eigenvalue weighted by atomic mass is 16.5. The molecule has 234 valence electrons. The summed E-state index contributed by atoms with van der Waals surface area (Å²) in [4.78, 5) is 29.9. The number of ether oxygens (including phenoxy) is 1. The molecule has 9 nitrogen and oxygen atoms in total. The van der Waals surface area contributed by atoms with Crippen molar-refractivity contribution in [2.75, 3.05) is 77.3 Å². The lowest BCUT2D eigenvalue weighted by Crippen LogP contribution is -2.54. The minimum Gasteiger partial charge on any atom is -0.395 e. The molecule has 0 saturated carbocycles. The fraction of sp³-hybridized carbons (Fsp3) is 0.576. The van der Waals surface area contributed by atoms with Gasteiger partial charge < -0.3 is 25.6 Å². The van der Waals surface area contributed by atoms with Gasteiger partial charge in [0.15, 0.2) is 11.6 Å². The molecule has 2 aromatic rings. The van der Waals surface area contributed by atoms with Gasteiger partial charge in [-0.2, -0.15) is 0 Å². The van der Waals surface area contributed by atoms with E-state index in [1.54, 1.807) is 0 Å². The van der Waals surface area contributed by atoms with Crippen LogP contribution < -0.4 is 10.6 Å². The number of anilines is 2. The number of nitrogens with zero attached hydrogens (tertiary/aromatic N) is 2. The third-order valence-corrected chi connectivity index (χ3v) is 8.06. The van der Waals surface area contributed by atoms with Gasteiger partial charge >= 0.3 is 0 Å². The summed E-state index contributed by atoms with van der Waals surface area (Å²) in [6, 6.07) is 14.9. The molecule has 0 radical (unpaired) electrons. The average molecular weight is 585 g/mol. The molecule has 0 aromatic heterocycles. The molecule has 3 rings (SSSR count). The lowest BCUT2D eigenvalue weighted by atomic mass is 9.81. The summed E-state index contributed by atoms with van der Waals surface area (Å²) in [5.74, 6) is 0.309. The van der Waals surface area contributed by atoms with Crippen molar-refractivity contribution in [1.82, 2.24) is 9.80 Å². The number of aliphatic hydroxyl groups excluding tert-OH is 2. The van der Waals surface area contributed by atoms with E-state index in [1.807, 2.05) is 76.5 Å². The second kappa shape index (κ2) is 17.3. The first-order valence-corrected chi connectivity index (χ1v) is 15.1. The van der Waals surface area contributed by atoms with Crippen LogP contribution >= 0.6 is 0 Å². The monoisotopic (exact) mass is 584 g/mol. The van der Waals surface area contributed by atoms with Gasteiger partial charge in [-0.1, -0.05) is 20.3 Å². The van der Waals surface area contributed by atoms with Gasteiger partial charge in [0.05, 0.1) is 37.5 Å². The third-order valence-electron chi connectivity index (χ3n) is 8.06. The number of aliphatic hydroxyl groups is 2. The Hall–Kier alpha value is -2.82. The molecule has 42 heavy (non-hydrogen) atoms. The first kappa shape index (κ1) is 35.4. The molecule has 1 saturated heterocycles. The summed E-state index contributed by atoms with van der Waals surface area (Å²) in [6.07, 6.45) is 2.64. The number of morpholine rings is 1. The van der Waals surface area contributed by atoms with Crippen LogP contribution in [-0.4, -0.2) is 109 Å². The Bertz CT molecular complexity index is 1080. The zero-order chi connectivity index (χ0) is 31.2. The van der Waals surface area contributed by atoms with Crippen LogP contribution in [0.3, 0.4) is 0 Å². The first-order valence-electron chi connectivity index (χ1n) is 15.1. The molecule has 1 atom stereocenters. The van der Waals surface area contributed by atoms with E-state index < -0.39 is 11.1 Å². The molecule has 1 heterocycles. The number of carbonyl (C=O) groups is 2. The van der Waals surface area contributed by atoms with Crippen molar-refractivity contribution >= 4 is 22.9 Å². The Morgan fingerprint density at radius 1 is 0.833 bits per heavy atom. The van der Waals surface area contributed by atoms with Crippen molar-refractivity contribution in [2.24, 2.45) is 0 Å².